The van der Waals surface area contributed by atoms with E-state index in [4.69, 9.17) is 9.72 Å². The highest BCUT2D eigenvalue weighted by Gasteiger charge is 2.19. The van der Waals surface area contributed by atoms with Crippen LogP contribution in [0.25, 0.3) is 11.0 Å². The summed E-state index contributed by atoms with van der Waals surface area (Å²) in [5, 5.41) is 2.44. The van der Waals surface area contributed by atoms with E-state index >= 15 is 0 Å². The first-order valence-corrected chi connectivity index (χ1v) is 13.3. The molecule has 188 valence electrons. The molecule has 5 rings (SSSR count). The molecule has 5 nitrogen and oxygen atoms in total. The maximum Gasteiger partial charge on any atom is 0.148 e. The smallest absolute Gasteiger partial charge is 0.148 e. The number of hydrazine groups is 1. The Hall–Kier alpha value is -3.15. The van der Waals surface area contributed by atoms with Gasteiger partial charge in [0.25, 0.3) is 0 Å². The first-order valence-electron chi connectivity index (χ1n) is 13.3. The van der Waals surface area contributed by atoms with Crippen molar-refractivity contribution < 1.29 is 4.74 Å². The van der Waals surface area contributed by atoms with E-state index in [0.717, 1.165) is 49.6 Å². The average Bonchev–Trinajstić information content (AvgIpc) is 3.27. The molecule has 1 unspecified atom stereocenters. The maximum absolute atomic E-state index is 6.17. The normalized spacial score (nSPS) is 15.3. The number of ether oxygens (including phenoxy) is 1. The fourth-order valence-corrected chi connectivity index (χ4v) is 5.15. The summed E-state index contributed by atoms with van der Waals surface area (Å²) in [7, 11) is 0. The van der Waals surface area contributed by atoms with Crippen LogP contribution in [0.2, 0.25) is 0 Å². The molecule has 1 saturated heterocycles. The Balaban J connectivity index is 1.36. The average molecular weight is 483 g/mol. The van der Waals surface area contributed by atoms with Gasteiger partial charge in [0.2, 0.25) is 0 Å². The molecule has 5 heteroatoms. The summed E-state index contributed by atoms with van der Waals surface area (Å²) in [6.45, 7) is 7.85. The topological polar surface area (TPSA) is 42.3 Å². The lowest BCUT2D eigenvalue weighted by atomic mass is 10.0. The molecular formula is C31H38N4O. The molecule has 0 amide bonds. The van der Waals surface area contributed by atoms with Crippen molar-refractivity contribution in [3.8, 4) is 5.75 Å². The standard InChI is InChI=1S/C31H38N4O/c1-24-14-16-28(17-15-24)36-23-30-32-31-25(2)10-9-13-29(31)35(30)21-18-27(22-26-11-5-3-6-12-26)33-34-19-7-4-8-20-34/h3,5-6,9-17,27,33H,4,7-8,18-23H2,1-2H3. The van der Waals surface area contributed by atoms with Crippen LogP contribution in [0.15, 0.2) is 72.8 Å². The van der Waals surface area contributed by atoms with Crippen molar-refractivity contribution in [3.63, 3.8) is 0 Å². The van der Waals surface area contributed by atoms with Gasteiger partial charge in [0.1, 0.15) is 18.2 Å². The lowest BCUT2D eigenvalue weighted by Gasteiger charge is -2.32. The van der Waals surface area contributed by atoms with Crippen LogP contribution < -0.4 is 10.2 Å². The van der Waals surface area contributed by atoms with Crippen molar-refractivity contribution in [1.82, 2.24) is 20.0 Å². The zero-order chi connectivity index (χ0) is 24.7. The molecule has 1 aliphatic heterocycles. The van der Waals surface area contributed by atoms with Crippen molar-refractivity contribution in [2.75, 3.05) is 13.1 Å². The molecule has 1 atom stereocenters. The highest BCUT2D eigenvalue weighted by Crippen LogP contribution is 2.23. The highest BCUT2D eigenvalue weighted by molar-refractivity contribution is 5.79. The molecule has 36 heavy (non-hydrogen) atoms. The second kappa shape index (κ2) is 11.7. The predicted octanol–water partition coefficient (Wildman–Crippen LogP) is 6.22. The maximum atomic E-state index is 6.17. The summed E-state index contributed by atoms with van der Waals surface area (Å²) in [5.74, 6) is 1.86. The van der Waals surface area contributed by atoms with Gasteiger partial charge in [-0.2, -0.15) is 0 Å². The van der Waals surface area contributed by atoms with Gasteiger partial charge in [-0.25, -0.2) is 9.99 Å². The number of hydrogen-bond acceptors (Lipinski definition) is 4. The molecule has 1 fully saturated rings. The third-order valence-electron chi connectivity index (χ3n) is 7.20. The Morgan fingerprint density at radius 3 is 2.44 bits per heavy atom. The second-order valence-corrected chi connectivity index (χ2v) is 10.1. The van der Waals surface area contributed by atoms with Crippen LogP contribution in [0.5, 0.6) is 5.75 Å². The minimum atomic E-state index is 0.360. The Morgan fingerprint density at radius 1 is 0.889 bits per heavy atom. The van der Waals surface area contributed by atoms with E-state index in [-0.39, 0.29) is 0 Å². The SMILES string of the molecule is Cc1ccc(OCc2nc3c(C)cccc3n2CCC(Cc2ccccc2)NN2CCCCC2)cc1. The number of hydrogen-bond donors (Lipinski definition) is 1. The number of nitrogens with zero attached hydrogens (tertiary/aromatic N) is 3. The number of benzene rings is 3. The Kier molecular flexibility index (Phi) is 7.99. The summed E-state index contributed by atoms with van der Waals surface area (Å²) in [5.41, 5.74) is 9.95. The van der Waals surface area contributed by atoms with Gasteiger partial charge in [0.05, 0.1) is 11.0 Å². The lowest BCUT2D eigenvalue weighted by molar-refractivity contribution is 0.123. The Bertz CT molecular complexity index is 1240. The third-order valence-corrected chi connectivity index (χ3v) is 7.20. The van der Waals surface area contributed by atoms with Gasteiger partial charge < -0.3 is 9.30 Å². The highest BCUT2D eigenvalue weighted by atomic mass is 16.5. The first kappa shape index (κ1) is 24.5. The molecule has 4 aromatic rings. The number of aryl methyl sites for hydroxylation is 3. The van der Waals surface area contributed by atoms with E-state index in [1.165, 1.54) is 41.5 Å². The van der Waals surface area contributed by atoms with Crippen molar-refractivity contribution in [1.29, 1.82) is 0 Å². The monoisotopic (exact) mass is 482 g/mol. The van der Waals surface area contributed by atoms with Crippen LogP contribution in [0.3, 0.4) is 0 Å². The molecular weight excluding hydrogens is 444 g/mol. The van der Waals surface area contributed by atoms with Crippen LogP contribution in [-0.2, 0) is 19.6 Å². The zero-order valence-corrected chi connectivity index (χ0v) is 21.6. The van der Waals surface area contributed by atoms with Crippen molar-refractivity contribution in [2.24, 2.45) is 0 Å². The molecule has 3 aromatic carbocycles. The number of nitrogens with one attached hydrogen (secondary N) is 1. The Morgan fingerprint density at radius 2 is 1.67 bits per heavy atom. The lowest BCUT2D eigenvalue weighted by Crippen LogP contribution is -2.48. The van der Waals surface area contributed by atoms with Gasteiger partial charge >= 0.3 is 0 Å². The fraction of sp³-hybridized carbons (Fsp3) is 0.387. The van der Waals surface area contributed by atoms with E-state index in [2.05, 4.69) is 89.5 Å². The number of para-hydroxylation sites is 1. The molecule has 1 aliphatic rings. The number of piperidine rings is 1. The number of imidazole rings is 1. The third kappa shape index (κ3) is 6.15. The molecule has 0 bridgehead atoms. The van der Waals surface area contributed by atoms with Crippen molar-refractivity contribution >= 4 is 11.0 Å². The fourth-order valence-electron chi connectivity index (χ4n) is 5.15. The van der Waals surface area contributed by atoms with E-state index in [1.54, 1.807) is 0 Å². The number of aromatic nitrogens is 2. The molecule has 0 saturated carbocycles. The molecule has 0 spiro atoms. The van der Waals surface area contributed by atoms with Crippen LogP contribution in [-0.4, -0.2) is 33.7 Å². The summed E-state index contributed by atoms with van der Waals surface area (Å²) in [6.07, 6.45) is 5.92. The van der Waals surface area contributed by atoms with Crippen LogP contribution in [0.4, 0.5) is 0 Å². The van der Waals surface area contributed by atoms with Gasteiger partial charge in [-0.15, -0.1) is 0 Å². The number of rotatable bonds is 10. The molecule has 0 aliphatic carbocycles. The number of fused-ring (bicyclic) bond motifs is 1. The predicted molar refractivity (Wildman–Crippen MR) is 147 cm³/mol. The summed E-state index contributed by atoms with van der Waals surface area (Å²) in [4.78, 5) is 5.03. The largest absolute Gasteiger partial charge is 0.486 e. The Labute approximate surface area is 215 Å². The van der Waals surface area contributed by atoms with E-state index in [9.17, 15) is 0 Å². The second-order valence-electron chi connectivity index (χ2n) is 10.1. The van der Waals surface area contributed by atoms with Gasteiger partial charge in [-0.3, -0.25) is 5.43 Å². The van der Waals surface area contributed by atoms with Crippen LogP contribution in [0, 0.1) is 13.8 Å². The van der Waals surface area contributed by atoms with Gasteiger partial charge in [-0.05, 0) is 68.9 Å². The van der Waals surface area contributed by atoms with Crippen LogP contribution >= 0.6 is 0 Å². The van der Waals surface area contributed by atoms with Crippen LogP contribution in [0.1, 0.15) is 48.2 Å². The summed E-state index contributed by atoms with van der Waals surface area (Å²) < 4.78 is 8.54. The van der Waals surface area contributed by atoms with E-state index < -0.39 is 0 Å². The minimum Gasteiger partial charge on any atom is -0.486 e. The van der Waals surface area contributed by atoms with Crippen molar-refractivity contribution in [2.45, 2.75) is 65.1 Å². The molecule has 1 aromatic heterocycles. The van der Waals surface area contributed by atoms with E-state index in [1.807, 2.05) is 12.1 Å². The first-order chi connectivity index (χ1) is 17.7. The van der Waals surface area contributed by atoms with Gasteiger partial charge in [0.15, 0.2) is 0 Å². The summed E-state index contributed by atoms with van der Waals surface area (Å²) >= 11 is 0. The van der Waals surface area contributed by atoms with E-state index in [0.29, 0.717) is 12.6 Å². The molecule has 2 heterocycles. The quantitative estimate of drug-likeness (QED) is 0.291. The molecule has 0 radical (unpaired) electrons. The zero-order valence-electron chi connectivity index (χ0n) is 21.6. The van der Waals surface area contributed by atoms with Gasteiger partial charge in [0, 0.05) is 25.7 Å². The van der Waals surface area contributed by atoms with Crippen molar-refractivity contribution in [3.05, 3.63) is 95.3 Å². The molecule has 1 N–H and O–H groups in total. The summed E-state index contributed by atoms with van der Waals surface area (Å²) in [6, 6.07) is 25.9. The minimum absolute atomic E-state index is 0.360. The van der Waals surface area contributed by atoms with Gasteiger partial charge in [-0.1, -0.05) is 66.6 Å².